The predicted molar refractivity (Wildman–Crippen MR) is 84.5 cm³/mol. The molecular weight excluding hydrogens is 315 g/mol. The molecule has 0 fully saturated rings. The number of carbonyl (C=O) groups is 1. The zero-order valence-corrected chi connectivity index (χ0v) is 12.9. The summed E-state index contributed by atoms with van der Waals surface area (Å²) in [5.74, 6) is 0.216. The monoisotopic (exact) mass is 328 g/mol. The molecule has 1 aliphatic rings. The number of benzene rings is 1. The van der Waals surface area contributed by atoms with Crippen molar-refractivity contribution in [1.29, 1.82) is 5.26 Å². The molecule has 2 aromatic rings. The number of thioether (sulfide) groups is 1. The van der Waals surface area contributed by atoms with E-state index in [2.05, 4.69) is 11.4 Å². The molecule has 2 heterocycles. The number of halogens is 1. The van der Waals surface area contributed by atoms with Gasteiger partial charge in [-0.05, 0) is 29.8 Å². The lowest BCUT2D eigenvalue weighted by atomic mass is 9.92. The highest BCUT2D eigenvalue weighted by Crippen LogP contribution is 2.36. The van der Waals surface area contributed by atoms with Crippen molar-refractivity contribution in [3.8, 4) is 6.07 Å². The first-order valence-corrected chi connectivity index (χ1v) is 8.00. The van der Waals surface area contributed by atoms with Crippen LogP contribution in [0.4, 0.5) is 4.39 Å². The topological polar surface area (TPSA) is 66.0 Å². The average Bonchev–Trinajstić information content (AvgIpc) is 3.06. The van der Waals surface area contributed by atoms with Crippen molar-refractivity contribution in [2.45, 2.75) is 18.1 Å². The highest BCUT2D eigenvalue weighted by molar-refractivity contribution is 8.02. The second kappa shape index (κ2) is 6.71. The van der Waals surface area contributed by atoms with Gasteiger partial charge in [0.25, 0.3) is 0 Å². The van der Waals surface area contributed by atoms with Crippen molar-refractivity contribution < 1.29 is 13.6 Å². The van der Waals surface area contributed by atoms with E-state index in [1.54, 1.807) is 24.3 Å². The van der Waals surface area contributed by atoms with E-state index in [0.29, 0.717) is 22.1 Å². The summed E-state index contributed by atoms with van der Waals surface area (Å²) in [7, 11) is 0. The van der Waals surface area contributed by atoms with Crippen LogP contribution in [0.2, 0.25) is 0 Å². The van der Waals surface area contributed by atoms with Crippen molar-refractivity contribution in [2.75, 3.05) is 0 Å². The molecule has 4 nitrogen and oxygen atoms in total. The molecule has 23 heavy (non-hydrogen) atoms. The van der Waals surface area contributed by atoms with Crippen LogP contribution in [-0.4, -0.2) is 5.91 Å². The first-order chi connectivity index (χ1) is 11.2. The molecule has 1 amide bonds. The Morgan fingerprint density at radius 2 is 2.26 bits per heavy atom. The molecule has 1 aromatic carbocycles. The first-order valence-electron chi connectivity index (χ1n) is 7.02. The van der Waals surface area contributed by atoms with Crippen LogP contribution in [0.25, 0.3) is 0 Å². The first kappa shape index (κ1) is 15.4. The number of nitrogens with zero attached hydrogens (tertiary/aromatic N) is 1. The molecule has 116 valence electrons. The Morgan fingerprint density at radius 1 is 1.39 bits per heavy atom. The Morgan fingerprint density at radius 3 is 2.96 bits per heavy atom. The maximum atomic E-state index is 13.2. The van der Waals surface area contributed by atoms with Crippen molar-refractivity contribution in [3.63, 3.8) is 0 Å². The van der Waals surface area contributed by atoms with Gasteiger partial charge in [0.15, 0.2) is 0 Å². The van der Waals surface area contributed by atoms with Crippen LogP contribution < -0.4 is 5.32 Å². The van der Waals surface area contributed by atoms with E-state index in [1.165, 1.54) is 30.2 Å². The molecule has 0 saturated heterocycles. The largest absolute Gasteiger partial charge is 0.469 e. The van der Waals surface area contributed by atoms with E-state index < -0.39 is 0 Å². The zero-order chi connectivity index (χ0) is 16.2. The van der Waals surface area contributed by atoms with Crippen LogP contribution in [0.1, 0.15) is 23.7 Å². The molecule has 3 rings (SSSR count). The second-order valence-corrected chi connectivity index (χ2v) is 6.08. The van der Waals surface area contributed by atoms with Gasteiger partial charge in [0.1, 0.15) is 11.6 Å². The molecule has 6 heteroatoms. The van der Waals surface area contributed by atoms with Gasteiger partial charge < -0.3 is 9.73 Å². The van der Waals surface area contributed by atoms with Gasteiger partial charge in [-0.25, -0.2) is 4.39 Å². The third-order valence-electron chi connectivity index (χ3n) is 3.51. The van der Waals surface area contributed by atoms with Crippen LogP contribution in [-0.2, 0) is 10.5 Å². The molecule has 0 spiro atoms. The third-order valence-corrected chi connectivity index (χ3v) is 4.60. The zero-order valence-electron chi connectivity index (χ0n) is 12.1. The van der Waals surface area contributed by atoms with E-state index in [0.717, 1.165) is 5.56 Å². The van der Waals surface area contributed by atoms with Crippen LogP contribution in [0, 0.1) is 17.1 Å². The Hall–Kier alpha value is -2.52. The Bertz CT molecular complexity index is 793. The molecule has 0 aliphatic carbocycles. The van der Waals surface area contributed by atoms with E-state index in [-0.39, 0.29) is 24.1 Å². The van der Waals surface area contributed by atoms with Gasteiger partial charge in [-0.1, -0.05) is 12.1 Å². The number of furan rings is 1. The van der Waals surface area contributed by atoms with Gasteiger partial charge in [0.2, 0.25) is 5.91 Å². The summed E-state index contributed by atoms with van der Waals surface area (Å²) in [4.78, 5) is 11.9. The van der Waals surface area contributed by atoms with E-state index >= 15 is 0 Å². The second-order valence-electron chi connectivity index (χ2n) is 5.09. The van der Waals surface area contributed by atoms with Gasteiger partial charge >= 0.3 is 0 Å². The number of allylic oxidation sites excluding steroid dienone is 1. The lowest BCUT2D eigenvalue weighted by Crippen LogP contribution is -2.30. The SMILES string of the molecule is N#CC1=C(SCc2cccc(F)c2)NC(=O)C[C@H]1c1ccco1. The molecule has 1 N–H and O–H groups in total. The summed E-state index contributed by atoms with van der Waals surface area (Å²) in [6.45, 7) is 0. The highest BCUT2D eigenvalue weighted by Gasteiger charge is 2.31. The number of rotatable bonds is 4. The number of carbonyl (C=O) groups excluding carboxylic acids is 1. The van der Waals surface area contributed by atoms with Crippen molar-refractivity contribution >= 4 is 17.7 Å². The lowest BCUT2D eigenvalue weighted by molar-refractivity contribution is -0.120. The van der Waals surface area contributed by atoms with Crippen LogP contribution >= 0.6 is 11.8 Å². The number of hydrogen-bond acceptors (Lipinski definition) is 4. The van der Waals surface area contributed by atoms with Crippen LogP contribution in [0.15, 0.2) is 57.7 Å². The smallest absolute Gasteiger partial charge is 0.225 e. The summed E-state index contributed by atoms with van der Waals surface area (Å²) >= 11 is 1.31. The molecular formula is C17H13FN2O2S. The minimum Gasteiger partial charge on any atom is -0.469 e. The van der Waals surface area contributed by atoms with E-state index in [4.69, 9.17) is 4.42 Å². The molecule has 0 bridgehead atoms. The minimum absolute atomic E-state index is 0.160. The van der Waals surface area contributed by atoms with Crippen molar-refractivity contribution in [3.05, 3.63) is 70.4 Å². The van der Waals surface area contributed by atoms with Gasteiger partial charge in [-0.3, -0.25) is 4.79 Å². The Kier molecular flexibility index (Phi) is 4.49. The Labute approximate surface area is 137 Å². The molecule has 1 aromatic heterocycles. The van der Waals surface area contributed by atoms with E-state index in [9.17, 15) is 14.4 Å². The number of nitriles is 1. The van der Waals surface area contributed by atoms with Crippen LogP contribution in [0.5, 0.6) is 0 Å². The van der Waals surface area contributed by atoms with Crippen molar-refractivity contribution in [2.24, 2.45) is 0 Å². The number of nitrogens with one attached hydrogen (secondary N) is 1. The van der Waals surface area contributed by atoms with Crippen molar-refractivity contribution in [1.82, 2.24) is 5.32 Å². The normalized spacial score (nSPS) is 17.7. The van der Waals surface area contributed by atoms with Gasteiger partial charge in [-0.15, -0.1) is 11.8 Å². The summed E-state index contributed by atoms with van der Waals surface area (Å²) in [5.41, 5.74) is 1.26. The Balaban J connectivity index is 1.85. The molecule has 1 atom stereocenters. The summed E-state index contributed by atoms with van der Waals surface area (Å²) < 4.78 is 18.6. The molecule has 0 radical (unpaired) electrons. The van der Waals surface area contributed by atoms with Gasteiger partial charge in [-0.2, -0.15) is 5.26 Å². The maximum absolute atomic E-state index is 13.2. The van der Waals surface area contributed by atoms with E-state index in [1.807, 2.05) is 0 Å². The lowest BCUT2D eigenvalue weighted by Gasteiger charge is -2.23. The number of hydrogen-bond donors (Lipinski definition) is 1. The fourth-order valence-electron chi connectivity index (χ4n) is 2.45. The van der Waals surface area contributed by atoms with Gasteiger partial charge in [0, 0.05) is 12.2 Å². The molecule has 0 saturated carbocycles. The molecule has 0 unspecified atom stereocenters. The predicted octanol–water partition coefficient (Wildman–Crippen LogP) is 3.69. The van der Waals surface area contributed by atoms with Gasteiger partial charge in [0.05, 0.1) is 28.9 Å². The fraction of sp³-hybridized carbons (Fsp3) is 0.176. The quantitative estimate of drug-likeness (QED) is 0.929. The summed E-state index contributed by atoms with van der Waals surface area (Å²) in [5, 5.41) is 12.7. The highest BCUT2D eigenvalue weighted by atomic mass is 32.2. The molecule has 1 aliphatic heterocycles. The minimum atomic E-state index is -0.376. The summed E-state index contributed by atoms with van der Waals surface area (Å²) in [6.07, 6.45) is 1.71. The standard InChI is InChI=1S/C17H13FN2O2S/c18-12-4-1-3-11(7-12)10-23-17-14(9-19)13(8-16(21)20-17)15-5-2-6-22-15/h1-7,13H,8,10H2,(H,20,21)/t13-/m1/s1. The fourth-order valence-corrected chi connectivity index (χ4v) is 3.47. The maximum Gasteiger partial charge on any atom is 0.225 e. The summed E-state index contributed by atoms with van der Waals surface area (Å²) in [6, 6.07) is 11.9. The average molecular weight is 328 g/mol. The number of amides is 1. The van der Waals surface area contributed by atoms with Crippen LogP contribution in [0.3, 0.4) is 0 Å². The third kappa shape index (κ3) is 3.46.